The average molecular weight is 128 g/mol. The zero-order valence-corrected chi connectivity index (χ0v) is 5.43. The number of hydrogen-bond donors (Lipinski definition) is 1. The fourth-order valence-corrected chi connectivity index (χ4v) is 0.446. The number of unbranched alkanes of at least 4 members (excludes halogenated alkanes) is 2. The van der Waals surface area contributed by atoms with Gasteiger partial charge in [-0.1, -0.05) is 0 Å². The van der Waals surface area contributed by atoms with E-state index in [2.05, 4.69) is 17.2 Å². The summed E-state index contributed by atoms with van der Waals surface area (Å²) in [5, 5.41) is 8.05. The smallest absolute Gasteiger partial charge is 0.0621 e. The van der Waals surface area contributed by atoms with Crippen LogP contribution in [0.15, 0.2) is 4.40 Å². The Balaban J connectivity index is 2.85. The van der Waals surface area contributed by atoms with E-state index in [0.29, 0.717) is 6.42 Å². The molecular formula is C5H8N2S. The van der Waals surface area contributed by atoms with Gasteiger partial charge in [0.1, 0.15) is 0 Å². The normalized spacial score (nSPS) is 9.50. The summed E-state index contributed by atoms with van der Waals surface area (Å²) >= 11 is 3.61. The molecule has 0 unspecified atom stereocenters. The molecule has 0 bridgehead atoms. The maximum absolute atomic E-state index is 8.05. The predicted octanol–water partition coefficient (Wildman–Crippen LogP) is 1.60. The highest BCUT2D eigenvalue weighted by Crippen LogP contribution is 1.89. The Bertz CT molecular complexity index is 103. The second-order valence-corrected chi connectivity index (χ2v) is 1.58. The Kier molecular flexibility index (Phi) is 6.11. The lowest BCUT2D eigenvalue weighted by Crippen LogP contribution is -1.72. The second-order valence-electron chi connectivity index (χ2n) is 1.35. The van der Waals surface area contributed by atoms with Gasteiger partial charge in [-0.25, -0.2) is 4.40 Å². The minimum Gasteiger partial charge on any atom is -0.232 e. The molecule has 0 aromatic rings. The molecule has 8 heavy (non-hydrogen) atoms. The van der Waals surface area contributed by atoms with Gasteiger partial charge in [-0.3, -0.25) is 0 Å². The van der Waals surface area contributed by atoms with Crippen LogP contribution in [-0.2, 0) is 0 Å². The quantitative estimate of drug-likeness (QED) is 0.350. The summed E-state index contributed by atoms with van der Waals surface area (Å²) in [6.45, 7) is 0. The third-order valence-electron chi connectivity index (χ3n) is 0.703. The summed E-state index contributed by atoms with van der Waals surface area (Å²) in [5.74, 6) is 0. The van der Waals surface area contributed by atoms with Gasteiger partial charge in [0.25, 0.3) is 0 Å². The number of nitriles is 1. The Hall–Kier alpha value is -0.490. The Morgan fingerprint density at radius 3 is 3.00 bits per heavy atom. The third-order valence-corrected chi connectivity index (χ3v) is 0.867. The van der Waals surface area contributed by atoms with Gasteiger partial charge in [0.05, 0.1) is 6.07 Å². The molecule has 3 heteroatoms. The van der Waals surface area contributed by atoms with Crippen LogP contribution < -0.4 is 0 Å². The van der Waals surface area contributed by atoms with Gasteiger partial charge < -0.3 is 0 Å². The number of hydrogen-bond acceptors (Lipinski definition) is 3. The van der Waals surface area contributed by atoms with Crippen LogP contribution in [0.2, 0.25) is 0 Å². The van der Waals surface area contributed by atoms with Crippen LogP contribution in [0.25, 0.3) is 0 Å². The van der Waals surface area contributed by atoms with E-state index in [0.717, 1.165) is 12.8 Å². The molecule has 0 rings (SSSR count). The van der Waals surface area contributed by atoms with Crippen LogP contribution in [-0.4, -0.2) is 6.21 Å². The van der Waals surface area contributed by atoms with Crippen molar-refractivity contribution in [2.45, 2.75) is 19.3 Å². The van der Waals surface area contributed by atoms with Crippen molar-refractivity contribution in [3.05, 3.63) is 0 Å². The molecule has 0 aromatic heterocycles. The molecule has 44 valence electrons. The molecule has 0 atom stereocenters. The fraction of sp³-hybridized carbons (Fsp3) is 0.600. The van der Waals surface area contributed by atoms with Crippen molar-refractivity contribution in [3.8, 4) is 6.07 Å². The highest BCUT2D eigenvalue weighted by atomic mass is 32.1. The van der Waals surface area contributed by atoms with E-state index in [4.69, 9.17) is 5.26 Å². The maximum Gasteiger partial charge on any atom is 0.0621 e. The van der Waals surface area contributed by atoms with Crippen LogP contribution >= 0.6 is 12.8 Å². The number of nitrogens with zero attached hydrogens (tertiary/aromatic N) is 2. The summed E-state index contributed by atoms with van der Waals surface area (Å²) in [5.41, 5.74) is 0. The summed E-state index contributed by atoms with van der Waals surface area (Å²) in [7, 11) is 0. The molecule has 0 amide bonds. The van der Waals surface area contributed by atoms with Crippen molar-refractivity contribution in [2.75, 3.05) is 0 Å². The lowest BCUT2D eigenvalue weighted by Gasteiger charge is -1.81. The van der Waals surface area contributed by atoms with Crippen LogP contribution in [0.5, 0.6) is 0 Å². The zero-order valence-electron chi connectivity index (χ0n) is 4.54. The summed E-state index contributed by atoms with van der Waals surface area (Å²) in [6.07, 6.45) is 4.05. The number of rotatable bonds is 3. The lowest BCUT2D eigenvalue weighted by atomic mass is 10.3. The van der Waals surface area contributed by atoms with Gasteiger partial charge in [0.15, 0.2) is 0 Å². The molecule has 0 saturated heterocycles. The maximum atomic E-state index is 8.05. The molecule has 0 aliphatic rings. The van der Waals surface area contributed by atoms with Crippen molar-refractivity contribution < 1.29 is 0 Å². The van der Waals surface area contributed by atoms with Gasteiger partial charge in [-0.05, 0) is 25.7 Å². The monoisotopic (exact) mass is 128 g/mol. The standard InChI is InChI=1S/C5H8N2S/c6-4-2-1-3-5-7-8/h5,8H,1-3H2. The zero-order chi connectivity index (χ0) is 6.24. The molecule has 0 aliphatic heterocycles. The topological polar surface area (TPSA) is 36.1 Å². The first kappa shape index (κ1) is 7.51. The molecule has 0 aliphatic carbocycles. The molecule has 0 saturated carbocycles. The van der Waals surface area contributed by atoms with E-state index in [1.807, 2.05) is 6.07 Å². The van der Waals surface area contributed by atoms with Crippen molar-refractivity contribution in [1.29, 1.82) is 5.26 Å². The molecule has 2 nitrogen and oxygen atoms in total. The van der Waals surface area contributed by atoms with E-state index >= 15 is 0 Å². The first-order valence-electron chi connectivity index (χ1n) is 2.44. The summed E-state index contributed by atoms with van der Waals surface area (Å²) in [6, 6.07) is 2.04. The van der Waals surface area contributed by atoms with E-state index in [9.17, 15) is 0 Å². The second kappa shape index (κ2) is 6.51. The molecule has 0 radical (unpaired) electrons. The minimum atomic E-state index is 0.611. The first-order chi connectivity index (χ1) is 3.91. The van der Waals surface area contributed by atoms with E-state index in [1.54, 1.807) is 6.21 Å². The highest BCUT2D eigenvalue weighted by molar-refractivity contribution is 7.78. The van der Waals surface area contributed by atoms with E-state index < -0.39 is 0 Å². The van der Waals surface area contributed by atoms with Crippen LogP contribution in [0.4, 0.5) is 0 Å². The van der Waals surface area contributed by atoms with Gasteiger partial charge in [-0.15, -0.1) is 0 Å². The Morgan fingerprint density at radius 1 is 1.75 bits per heavy atom. The average Bonchev–Trinajstić information content (AvgIpc) is 1.81. The van der Waals surface area contributed by atoms with E-state index in [1.165, 1.54) is 0 Å². The molecule has 0 fully saturated rings. The Labute approximate surface area is 54.8 Å². The largest absolute Gasteiger partial charge is 0.232 e. The third kappa shape index (κ3) is 5.51. The lowest BCUT2D eigenvalue weighted by molar-refractivity contribution is 0.914. The predicted molar refractivity (Wildman–Crippen MR) is 36.9 cm³/mol. The summed E-state index contributed by atoms with van der Waals surface area (Å²) < 4.78 is 3.47. The molecular weight excluding hydrogens is 120 g/mol. The fourth-order valence-electron chi connectivity index (χ4n) is 0.330. The molecule has 0 spiro atoms. The van der Waals surface area contributed by atoms with Crippen molar-refractivity contribution in [1.82, 2.24) is 0 Å². The Morgan fingerprint density at radius 2 is 2.50 bits per heavy atom. The van der Waals surface area contributed by atoms with Crippen molar-refractivity contribution in [3.63, 3.8) is 0 Å². The minimum absolute atomic E-state index is 0.611. The summed E-state index contributed by atoms with van der Waals surface area (Å²) in [4.78, 5) is 0. The van der Waals surface area contributed by atoms with Crippen LogP contribution in [0.3, 0.4) is 0 Å². The van der Waals surface area contributed by atoms with Crippen molar-refractivity contribution in [2.24, 2.45) is 4.40 Å². The van der Waals surface area contributed by atoms with Crippen LogP contribution in [0, 0.1) is 11.3 Å². The van der Waals surface area contributed by atoms with Gasteiger partial charge in [-0.2, -0.15) is 5.26 Å². The van der Waals surface area contributed by atoms with Gasteiger partial charge in [0, 0.05) is 12.6 Å². The highest BCUT2D eigenvalue weighted by Gasteiger charge is 1.79. The number of thiol groups is 1. The van der Waals surface area contributed by atoms with Crippen LogP contribution in [0.1, 0.15) is 19.3 Å². The van der Waals surface area contributed by atoms with E-state index in [-0.39, 0.29) is 0 Å². The van der Waals surface area contributed by atoms with Gasteiger partial charge in [0.2, 0.25) is 0 Å². The SMILES string of the molecule is N#CCCCC=NS. The van der Waals surface area contributed by atoms with Gasteiger partial charge >= 0.3 is 0 Å². The molecule has 0 N–H and O–H groups in total. The first-order valence-corrected chi connectivity index (χ1v) is 2.84. The molecule has 0 aromatic carbocycles. The van der Waals surface area contributed by atoms with Crippen molar-refractivity contribution >= 4 is 19.0 Å². The molecule has 0 heterocycles.